The summed E-state index contributed by atoms with van der Waals surface area (Å²) in [5.74, 6) is 0. The number of hydrogen-bond acceptors (Lipinski definition) is 3. The highest BCUT2D eigenvalue weighted by Crippen LogP contribution is 2.33. The molecule has 0 saturated carbocycles. The molecule has 0 atom stereocenters. The minimum Gasteiger partial charge on any atom is -0.347 e. The normalized spacial score (nSPS) is 11.2. The van der Waals surface area contributed by atoms with E-state index in [-0.39, 0.29) is 12.4 Å². The second-order valence-corrected chi connectivity index (χ2v) is 7.42. The molecule has 26 heavy (non-hydrogen) atoms. The third kappa shape index (κ3) is 4.67. The first-order chi connectivity index (χ1) is 12.3. The monoisotopic (exact) mass is 391 g/mol. The molecule has 0 fully saturated rings. The van der Waals surface area contributed by atoms with Gasteiger partial charge in [0.05, 0.1) is 5.69 Å². The van der Waals surface area contributed by atoms with Crippen molar-refractivity contribution in [2.45, 2.75) is 53.1 Å². The van der Waals surface area contributed by atoms with Gasteiger partial charge in [0.2, 0.25) is 0 Å². The number of unbranched alkanes of at least 4 members (excludes halogenated alkanes) is 2. The highest BCUT2D eigenvalue weighted by Gasteiger charge is 2.14. The van der Waals surface area contributed by atoms with Crippen LogP contribution >= 0.6 is 23.7 Å². The standard InChI is InChI=1S/C21H29N3S.ClH/c1-4-7-10-13-24-15-19(18-11-8-9-12-20(18)24)21-22-17(16-25-21)14-23(5-2)6-3;/h8-9,11-12,15-16H,4-7,10,13-14H2,1-3H3;1H. The van der Waals surface area contributed by atoms with E-state index in [0.717, 1.165) is 31.2 Å². The maximum absolute atomic E-state index is 4.94. The molecule has 0 radical (unpaired) electrons. The Morgan fingerprint density at radius 3 is 2.58 bits per heavy atom. The third-order valence-corrected chi connectivity index (χ3v) is 5.78. The van der Waals surface area contributed by atoms with Gasteiger partial charge in [-0.3, -0.25) is 4.90 Å². The Morgan fingerprint density at radius 1 is 1.08 bits per heavy atom. The van der Waals surface area contributed by atoms with Gasteiger partial charge in [-0.1, -0.05) is 51.8 Å². The van der Waals surface area contributed by atoms with Crippen molar-refractivity contribution in [1.82, 2.24) is 14.5 Å². The quantitative estimate of drug-likeness (QED) is 0.404. The Morgan fingerprint density at radius 2 is 1.85 bits per heavy atom. The molecule has 0 amide bonds. The van der Waals surface area contributed by atoms with Gasteiger partial charge >= 0.3 is 0 Å². The number of fused-ring (bicyclic) bond motifs is 1. The number of hydrogen-bond donors (Lipinski definition) is 0. The van der Waals surface area contributed by atoms with Gasteiger partial charge in [0, 0.05) is 41.1 Å². The first-order valence-corrected chi connectivity index (χ1v) is 10.4. The van der Waals surface area contributed by atoms with E-state index in [0.29, 0.717) is 0 Å². The van der Waals surface area contributed by atoms with Crippen LogP contribution in [0.3, 0.4) is 0 Å². The molecule has 0 bridgehead atoms. The Labute approximate surface area is 167 Å². The second kappa shape index (κ2) is 10.1. The SMILES string of the molecule is CCCCCn1cc(-c2nc(CN(CC)CC)cs2)c2ccccc21.Cl. The van der Waals surface area contributed by atoms with E-state index in [9.17, 15) is 0 Å². The number of aryl methyl sites for hydroxylation is 1. The number of halogens is 1. The predicted octanol–water partition coefficient (Wildman–Crippen LogP) is 6.22. The molecule has 0 spiro atoms. The molecule has 1 aromatic carbocycles. The van der Waals surface area contributed by atoms with E-state index in [1.54, 1.807) is 11.3 Å². The summed E-state index contributed by atoms with van der Waals surface area (Å²) in [7, 11) is 0. The molecule has 0 aliphatic heterocycles. The van der Waals surface area contributed by atoms with Gasteiger partial charge in [0.15, 0.2) is 0 Å². The van der Waals surface area contributed by atoms with Gasteiger partial charge in [-0.15, -0.1) is 23.7 Å². The maximum atomic E-state index is 4.94. The fraction of sp³-hybridized carbons (Fsp3) is 0.476. The molecular formula is C21H30ClN3S. The molecule has 0 unspecified atom stereocenters. The van der Waals surface area contributed by atoms with Gasteiger partial charge in [0.25, 0.3) is 0 Å². The van der Waals surface area contributed by atoms with Crippen molar-refractivity contribution in [3.8, 4) is 10.6 Å². The first-order valence-electron chi connectivity index (χ1n) is 9.51. The van der Waals surface area contributed by atoms with Crippen LogP contribution in [0.2, 0.25) is 0 Å². The van der Waals surface area contributed by atoms with Gasteiger partial charge in [-0.25, -0.2) is 4.98 Å². The van der Waals surface area contributed by atoms with Crippen molar-refractivity contribution in [3.05, 3.63) is 41.5 Å². The lowest BCUT2D eigenvalue weighted by molar-refractivity contribution is 0.293. The summed E-state index contributed by atoms with van der Waals surface area (Å²) in [5, 5.41) is 4.69. The lowest BCUT2D eigenvalue weighted by Crippen LogP contribution is -2.22. The summed E-state index contributed by atoms with van der Waals surface area (Å²) in [5.41, 5.74) is 3.79. The summed E-state index contributed by atoms with van der Waals surface area (Å²) in [6, 6.07) is 8.73. The van der Waals surface area contributed by atoms with Crippen molar-refractivity contribution >= 4 is 34.6 Å². The van der Waals surface area contributed by atoms with Crippen LogP contribution in [0.1, 0.15) is 45.7 Å². The molecule has 0 aliphatic rings. The zero-order valence-electron chi connectivity index (χ0n) is 16.1. The number of thiazole rings is 1. The fourth-order valence-electron chi connectivity index (χ4n) is 3.31. The number of para-hydroxylation sites is 1. The summed E-state index contributed by atoms with van der Waals surface area (Å²) >= 11 is 1.77. The largest absolute Gasteiger partial charge is 0.347 e. The summed E-state index contributed by atoms with van der Waals surface area (Å²) < 4.78 is 2.41. The molecule has 0 saturated heterocycles. The first kappa shape index (κ1) is 20.9. The molecular weight excluding hydrogens is 362 g/mol. The molecule has 3 aromatic rings. The maximum Gasteiger partial charge on any atom is 0.125 e. The van der Waals surface area contributed by atoms with E-state index < -0.39 is 0 Å². The second-order valence-electron chi connectivity index (χ2n) is 6.57. The summed E-state index contributed by atoms with van der Waals surface area (Å²) in [6.45, 7) is 10.8. The minimum absolute atomic E-state index is 0. The molecule has 0 N–H and O–H groups in total. The zero-order valence-corrected chi connectivity index (χ0v) is 17.7. The Kier molecular flexibility index (Phi) is 8.14. The third-order valence-electron chi connectivity index (χ3n) is 4.85. The molecule has 2 heterocycles. The van der Waals surface area contributed by atoms with Crippen LogP contribution in [0.15, 0.2) is 35.8 Å². The molecule has 2 aromatic heterocycles. The number of rotatable bonds is 9. The fourth-order valence-corrected chi connectivity index (χ4v) is 4.15. The van der Waals surface area contributed by atoms with Gasteiger partial charge in [0.1, 0.15) is 5.01 Å². The van der Waals surface area contributed by atoms with E-state index in [1.807, 2.05) is 0 Å². The van der Waals surface area contributed by atoms with Crippen LogP contribution in [0, 0.1) is 0 Å². The van der Waals surface area contributed by atoms with Crippen molar-refractivity contribution < 1.29 is 0 Å². The summed E-state index contributed by atoms with van der Waals surface area (Å²) in [6.07, 6.45) is 6.08. The van der Waals surface area contributed by atoms with Crippen molar-refractivity contribution in [2.75, 3.05) is 13.1 Å². The molecule has 0 aliphatic carbocycles. The number of nitrogens with zero attached hydrogens (tertiary/aromatic N) is 3. The van der Waals surface area contributed by atoms with Gasteiger partial charge < -0.3 is 4.57 Å². The smallest absolute Gasteiger partial charge is 0.125 e. The lowest BCUT2D eigenvalue weighted by atomic mass is 10.2. The Balaban J connectivity index is 0.00000243. The van der Waals surface area contributed by atoms with E-state index in [4.69, 9.17) is 4.98 Å². The minimum atomic E-state index is 0. The Bertz CT molecular complexity index is 805. The van der Waals surface area contributed by atoms with Gasteiger partial charge in [-0.2, -0.15) is 0 Å². The van der Waals surface area contributed by atoms with Crippen molar-refractivity contribution in [3.63, 3.8) is 0 Å². The van der Waals surface area contributed by atoms with Crippen LogP contribution in [-0.4, -0.2) is 27.5 Å². The van der Waals surface area contributed by atoms with E-state index >= 15 is 0 Å². The van der Waals surface area contributed by atoms with Crippen LogP contribution in [0.25, 0.3) is 21.5 Å². The molecule has 142 valence electrons. The lowest BCUT2D eigenvalue weighted by Gasteiger charge is -2.15. The average molecular weight is 392 g/mol. The Hall–Kier alpha value is -1.36. The van der Waals surface area contributed by atoms with Crippen molar-refractivity contribution in [1.29, 1.82) is 0 Å². The van der Waals surface area contributed by atoms with Crippen molar-refractivity contribution in [2.24, 2.45) is 0 Å². The molecule has 3 rings (SSSR count). The highest BCUT2D eigenvalue weighted by atomic mass is 35.5. The number of benzene rings is 1. The summed E-state index contributed by atoms with van der Waals surface area (Å²) in [4.78, 5) is 7.35. The average Bonchev–Trinajstić information content (AvgIpc) is 3.25. The topological polar surface area (TPSA) is 21.1 Å². The van der Waals surface area contributed by atoms with Crippen LogP contribution in [0.4, 0.5) is 0 Å². The van der Waals surface area contributed by atoms with Crippen LogP contribution < -0.4 is 0 Å². The van der Waals surface area contributed by atoms with E-state index in [1.165, 1.54) is 41.4 Å². The number of aromatic nitrogens is 2. The molecule has 5 heteroatoms. The predicted molar refractivity (Wildman–Crippen MR) is 116 cm³/mol. The zero-order chi connectivity index (χ0) is 17.6. The van der Waals surface area contributed by atoms with Crippen LogP contribution in [0.5, 0.6) is 0 Å². The highest BCUT2D eigenvalue weighted by molar-refractivity contribution is 7.13. The van der Waals surface area contributed by atoms with Crippen LogP contribution in [-0.2, 0) is 13.1 Å². The van der Waals surface area contributed by atoms with Gasteiger partial charge in [-0.05, 0) is 25.6 Å². The van der Waals surface area contributed by atoms with E-state index in [2.05, 4.69) is 66.1 Å². The molecule has 3 nitrogen and oxygen atoms in total.